The number of hydrogen-bond donors (Lipinski definition) is 2. The summed E-state index contributed by atoms with van der Waals surface area (Å²) in [5, 5.41) is 31.0. The summed E-state index contributed by atoms with van der Waals surface area (Å²) in [6, 6.07) is 6.70. The molecule has 3 heterocycles. The number of aromatic hydroxyl groups is 2. The lowest BCUT2D eigenvalue weighted by Gasteiger charge is -2.35. The van der Waals surface area contributed by atoms with Gasteiger partial charge in [-0.2, -0.15) is 0 Å². The minimum atomic E-state index is -0.561. The number of fused-ring (bicyclic) bond motifs is 2. The second-order valence-electron chi connectivity index (χ2n) is 10.0. The average molecular weight is 545 g/mol. The summed E-state index contributed by atoms with van der Waals surface area (Å²) in [4.78, 5) is 16.1. The number of halogens is 2. The molecule has 9 nitrogen and oxygen atoms in total. The minimum Gasteiger partial charge on any atom is -0.506 e. The van der Waals surface area contributed by atoms with E-state index >= 15 is 0 Å². The predicted octanol–water partition coefficient (Wildman–Crippen LogP) is 6.80. The van der Waals surface area contributed by atoms with Crippen molar-refractivity contribution in [2.45, 2.75) is 32.9 Å². The second kappa shape index (κ2) is 9.55. The van der Waals surface area contributed by atoms with Gasteiger partial charge in [-0.05, 0) is 45.0 Å². The lowest BCUT2D eigenvalue weighted by Crippen LogP contribution is -2.49. The Morgan fingerprint density at radius 3 is 2.54 bits per heavy atom. The maximum absolute atomic E-state index is 12.4. The van der Waals surface area contributed by atoms with E-state index < -0.39 is 5.60 Å². The zero-order chi connectivity index (χ0) is 26.5. The molecular formula is C26H26Cl2N4O5. The molecule has 1 aromatic heterocycles. The SMILES string of the molecule is CC(C)(C)OC(=O)N1CCN(Cc2c(O)c(Cl)cc3c(O)c(C=C4N=Nc5ccc(Cl)cc54)oc23)CC1. The van der Waals surface area contributed by atoms with Crippen LogP contribution in [0, 0.1) is 0 Å². The van der Waals surface area contributed by atoms with Crippen LogP contribution in [-0.4, -0.2) is 57.9 Å². The molecule has 3 aromatic rings. The van der Waals surface area contributed by atoms with Gasteiger partial charge in [0, 0.05) is 49.4 Å². The summed E-state index contributed by atoms with van der Waals surface area (Å²) in [5.41, 5.74) is 2.08. The molecule has 2 aliphatic heterocycles. The van der Waals surface area contributed by atoms with Crippen LogP contribution in [0.25, 0.3) is 22.7 Å². The molecule has 2 aromatic carbocycles. The molecule has 1 saturated heterocycles. The maximum atomic E-state index is 12.4. The van der Waals surface area contributed by atoms with Crippen molar-refractivity contribution < 1.29 is 24.2 Å². The molecule has 1 fully saturated rings. The Bertz CT molecular complexity index is 1450. The first-order valence-electron chi connectivity index (χ1n) is 11.8. The highest BCUT2D eigenvalue weighted by Crippen LogP contribution is 2.44. The standard InChI is InChI=1S/C26H26Cl2N4O5/c1-26(2,3)37-25(35)32-8-6-31(7-9-32)13-17-22(33)18(28)11-16-23(34)21(36-24(16)17)12-20-15-10-14(27)4-5-19(15)29-30-20/h4-5,10-12,33-34H,6-9,13H2,1-3H3. The van der Waals surface area contributed by atoms with Crippen molar-refractivity contribution in [2.75, 3.05) is 26.2 Å². The first-order valence-corrected chi connectivity index (χ1v) is 12.5. The Balaban J connectivity index is 1.41. The zero-order valence-corrected chi connectivity index (χ0v) is 22.1. The van der Waals surface area contributed by atoms with E-state index in [9.17, 15) is 15.0 Å². The molecule has 5 rings (SSSR count). The van der Waals surface area contributed by atoms with Crippen molar-refractivity contribution in [3.63, 3.8) is 0 Å². The summed E-state index contributed by atoms with van der Waals surface area (Å²) in [5.74, 6) is -0.0742. The van der Waals surface area contributed by atoms with E-state index in [2.05, 4.69) is 15.1 Å². The van der Waals surface area contributed by atoms with Crippen molar-refractivity contribution in [3.8, 4) is 11.5 Å². The van der Waals surface area contributed by atoms with Crippen molar-refractivity contribution in [1.29, 1.82) is 0 Å². The quantitative estimate of drug-likeness (QED) is 0.375. The molecule has 0 bridgehead atoms. The topological polar surface area (TPSA) is 111 Å². The third-order valence-corrected chi connectivity index (χ3v) is 6.70. The number of amides is 1. The maximum Gasteiger partial charge on any atom is 0.410 e. The molecule has 11 heteroatoms. The number of ether oxygens (including phenoxy) is 1. The number of piperazine rings is 1. The molecule has 0 aliphatic carbocycles. The van der Waals surface area contributed by atoms with Gasteiger partial charge in [-0.3, -0.25) is 4.90 Å². The summed E-state index contributed by atoms with van der Waals surface area (Å²) in [6.45, 7) is 7.90. The summed E-state index contributed by atoms with van der Waals surface area (Å²) >= 11 is 12.4. The lowest BCUT2D eigenvalue weighted by atomic mass is 10.1. The fraction of sp³-hybridized carbons (Fsp3) is 0.346. The van der Waals surface area contributed by atoms with Crippen molar-refractivity contribution >= 4 is 57.7 Å². The lowest BCUT2D eigenvalue weighted by molar-refractivity contribution is 0.0138. The van der Waals surface area contributed by atoms with Gasteiger partial charge in [-0.25, -0.2) is 4.79 Å². The highest BCUT2D eigenvalue weighted by atomic mass is 35.5. The summed E-state index contributed by atoms with van der Waals surface area (Å²) in [6.07, 6.45) is 1.23. The molecular weight excluding hydrogens is 519 g/mol. The smallest absolute Gasteiger partial charge is 0.410 e. The van der Waals surface area contributed by atoms with Gasteiger partial charge in [0.1, 0.15) is 16.9 Å². The Morgan fingerprint density at radius 2 is 1.84 bits per heavy atom. The van der Waals surface area contributed by atoms with Crippen LogP contribution in [-0.2, 0) is 11.3 Å². The van der Waals surface area contributed by atoms with E-state index in [0.717, 1.165) is 5.56 Å². The van der Waals surface area contributed by atoms with E-state index in [4.69, 9.17) is 32.4 Å². The van der Waals surface area contributed by atoms with Crippen LogP contribution in [0.4, 0.5) is 10.5 Å². The van der Waals surface area contributed by atoms with E-state index in [1.165, 1.54) is 6.07 Å². The molecule has 2 N–H and O–H groups in total. The largest absolute Gasteiger partial charge is 0.506 e. The number of hydrogen-bond acceptors (Lipinski definition) is 8. The molecule has 194 valence electrons. The van der Waals surface area contributed by atoms with Crippen LogP contribution in [0.15, 0.2) is 38.9 Å². The van der Waals surface area contributed by atoms with Crippen molar-refractivity contribution in [3.05, 3.63) is 51.2 Å². The highest BCUT2D eigenvalue weighted by Gasteiger charge is 2.28. The zero-order valence-electron chi connectivity index (χ0n) is 20.6. The number of carbonyl (C=O) groups is 1. The van der Waals surface area contributed by atoms with Gasteiger partial charge >= 0.3 is 6.09 Å². The van der Waals surface area contributed by atoms with Crippen molar-refractivity contribution in [1.82, 2.24) is 9.80 Å². The summed E-state index contributed by atoms with van der Waals surface area (Å²) in [7, 11) is 0. The number of nitrogens with zero attached hydrogens (tertiary/aromatic N) is 4. The van der Waals surface area contributed by atoms with Crippen LogP contribution in [0.2, 0.25) is 10.0 Å². The molecule has 37 heavy (non-hydrogen) atoms. The Kier molecular flexibility index (Phi) is 6.55. The second-order valence-corrected chi connectivity index (χ2v) is 10.9. The van der Waals surface area contributed by atoms with Gasteiger partial charge in [0.25, 0.3) is 0 Å². The third kappa shape index (κ3) is 5.12. The van der Waals surface area contributed by atoms with E-state index in [1.807, 2.05) is 20.8 Å². The van der Waals surface area contributed by atoms with Crippen LogP contribution in [0.3, 0.4) is 0 Å². The van der Waals surface area contributed by atoms with Gasteiger partial charge in [0.15, 0.2) is 11.5 Å². The van der Waals surface area contributed by atoms with Gasteiger partial charge < -0.3 is 24.3 Å². The number of phenolic OH excluding ortho intramolecular Hbond substituents is 1. The monoisotopic (exact) mass is 544 g/mol. The van der Waals surface area contributed by atoms with Crippen LogP contribution >= 0.6 is 23.2 Å². The fourth-order valence-electron chi connectivity index (χ4n) is 4.33. The van der Waals surface area contributed by atoms with E-state index in [0.29, 0.717) is 65.7 Å². The number of benzene rings is 2. The first-order chi connectivity index (χ1) is 17.5. The number of azo groups is 1. The average Bonchev–Trinajstić information content (AvgIpc) is 3.37. The first kappa shape index (κ1) is 25.4. The van der Waals surface area contributed by atoms with Gasteiger partial charge in [-0.15, -0.1) is 10.2 Å². The Labute approximate surface area is 223 Å². The van der Waals surface area contributed by atoms with E-state index in [-0.39, 0.29) is 28.4 Å². The normalized spacial score (nSPS) is 17.1. The number of rotatable bonds is 3. The van der Waals surface area contributed by atoms with Crippen LogP contribution < -0.4 is 0 Å². The van der Waals surface area contributed by atoms with Gasteiger partial charge in [0.05, 0.1) is 27.4 Å². The predicted molar refractivity (Wildman–Crippen MR) is 141 cm³/mol. The molecule has 0 radical (unpaired) electrons. The number of phenols is 1. The molecule has 0 atom stereocenters. The van der Waals surface area contributed by atoms with Gasteiger partial charge in [-0.1, -0.05) is 23.2 Å². The van der Waals surface area contributed by atoms with Crippen molar-refractivity contribution in [2.24, 2.45) is 10.2 Å². The molecule has 0 saturated carbocycles. The molecule has 1 amide bonds. The highest BCUT2D eigenvalue weighted by molar-refractivity contribution is 6.33. The van der Waals surface area contributed by atoms with Gasteiger partial charge in [0.2, 0.25) is 0 Å². The van der Waals surface area contributed by atoms with Crippen LogP contribution in [0.5, 0.6) is 11.5 Å². The third-order valence-electron chi connectivity index (χ3n) is 6.18. The minimum absolute atomic E-state index is 0.0999. The molecule has 0 spiro atoms. The number of furan rings is 1. The number of carbonyl (C=O) groups excluding carboxylic acids is 1. The van der Waals surface area contributed by atoms with E-state index in [1.54, 1.807) is 29.2 Å². The molecule has 0 unspecified atom stereocenters. The van der Waals surface area contributed by atoms with Crippen LogP contribution in [0.1, 0.15) is 37.7 Å². The Morgan fingerprint density at radius 1 is 1.11 bits per heavy atom. The molecule has 2 aliphatic rings. The summed E-state index contributed by atoms with van der Waals surface area (Å²) < 4.78 is 11.5. The fourth-order valence-corrected chi connectivity index (χ4v) is 4.73. The Hall–Kier alpha value is -3.27.